The number of piperidine rings is 1. The molecule has 4 rings (SSSR count). The zero-order chi connectivity index (χ0) is 17.8. The number of thiophene rings is 1. The summed E-state index contributed by atoms with van der Waals surface area (Å²) in [6.45, 7) is 4.41. The van der Waals surface area contributed by atoms with E-state index in [0.29, 0.717) is 0 Å². The first-order chi connectivity index (χ1) is 12.8. The monoisotopic (exact) mass is 368 g/mol. The Bertz CT molecular complexity index is 856. The van der Waals surface area contributed by atoms with Crippen molar-refractivity contribution >= 4 is 27.4 Å². The van der Waals surface area contributed by atoms with Gasteiger partial charge in [-0.25, -0.2) is 9.97 Å². The molecule has 0 saturated carbocycles. The second-order valence-electron chi connectivity index (χ2n) is 6.61. The molecule has 3 aromatic rings. The number of methoxy groups -OCH3 is 1. The molecule has 5 nitrogen and oxygen atoms in total. The SMILES string of the molecule is COc1ccc(-c2csc3ncnc(NCCN4CCCCC4)c23)cc1. The fourth-order valence-electron chi connectivity index (χ4n) is 3.51. The maximum Gasteiger partial charge on any atom is 0.138 e. The van der Waals surface area contributed by atoms with Gasteiger partial charge in [-0.3, -0.25) is 0 Å². The summed E-state index contributed by atoms with van der Waals surface area (Å²) < 4.78 is 5.27. The summed E-state index contributed by atoms with van der Waals surface area (Å²) in [6, 6.07) is 8.16. The average Bonchev–Trinajstić information content (AvgIpc) is 3.14. The highest BCUT2D eigenvalue weighted by Crippen LogP contribution is 2.36. The van der Waals surface area contributed by atoms with Crippen LogP contribution in [0.3, 0.4) is 0 Å². The number of nitrogens with one attached hydrogen (secondary N) is 1. The van der Waals surface area contributed by atoms with Crippen molar-refractivity contribution in [1.82, 2.24) is 14.9 Å². The Morgan fingerprint density at radius 3 is 2.69 bits per heavy atom. The molecule has 26 heavy (non-hydrogen) atoms. The summed E-state index contributed by atoms with van der Waals surface area (Å²) in [5.41, 5.74) is 2.33. The second kappa shape index (κ2) is 8.01. The van der Waals surface area contributed by atoms with Gasteiger partial charge in [0, 0.05) is 24.0 Å². The van der Waals surface area contributed by atoms with Gasteiger partial charge in [-0.1, -0.05) is 18.6 Å². The van der Waals surface area contributed by atoms with E-state index < -0.39 is 0 Å². The standard InChI is InChI=1S/C20H24N4OS/c1-25-16-7-5-15(6-8-16)17-13-26-20-18(17)19(22-14-23-20)21-9-12-24-10-3-2-4-11-24/h5-8,13-14H,2-4,9-12H2,1H3,(H,21,22,23). The lowest BCUT2D eigenvalue weighted by molar-refractivity contribution is 0.237. The van der Waals surface area contributed by atoms with Crippen molar-refractivity contribution in [1.29, 1.82) is 0 Å². The molecule has 1 saturated heterocycles. The van der Waals surface area contributed by atoms with E-state index in [-0.39, 0.29) is 0 Å². The average molecular weight is 369 g/mol. The number of fused-ring (bicyclic) bond motifs is 1. The van der Waals surface area contributed by atoms with E-state index in [0.717, 1.165) is 40.4 Å². The van der Waals surface area contributed by atoms with E-state index in [1.54, 1.807) is 24.8 Å². The Morgan fingerprint density at radius 1 is 1.12 bits per heavy atom. The molecule has 0 unspecified atom stereocenters. The number of benzene rings is 1. The zero-order valence-corrected chi connectivity index (χ0v) is 15.9. The minimum atomic E-state index is 0.865. The first-order valence-electron chi connectivity index (χ1n) is 9.18. The van der Waals surface area contributed by atoms with E-state index >= 15 is 0 Å². The van der Waals surface area contributed by atoms with Gasteiger partial charge >= 0.3 is 0 Å². The number of ether oxygens (including phenoxy) is 1. The predicted octanol–water partition coefficient (Wildman–Crippen LogP) is 4.26. The summed E-state index contributed by atoms with van der Waals surface area (Å²) in [7, 11) is 1.69. The summed E-state index contributed by atoms with van der Waals surface area (Å²) >= 11 is 1.66. The van der Waals surface area contributed by atoms with Crippen LogP contribution in [0.2, 0.25) is 0 Å². The summed E-state index contributed by atoms with van der Waals surface area (Å²) in [5.74, 6) is 1.79. The lowest BCUT2D eigenvalue weighted by atomic mass is 10.1. The summed E-state index contributed by atoms with van der Waals surface area (Å²) in [4.78, 5) is 12.5. The molecule has 0 amide bonds. The molecular formula is C20H24N4OS. The number of likely N-dealkylation sites (tertiary alicyclic amines) is 1. The van der Waals surface area contributed by atoms with Gasteiger partial charge in [0.1, 0.15) is 22.7 Å². The third kappa shape index (κ3) is 3.66. The van der Waals surface area contributed by atoms with Crippen LogP contribution >= 0.6 is 11.3 Å². The lowest BCUT2D eigenvalue weighted by Crippen LogP contribution is -2.33. The molecule has 0 radical (unpaired) electrons. The Morgan fingerprint density at radius 2 is 1.92 bits per heavy atom. The smallest absolute Gasteiger partial charge is 0.138 e. The van der Waals surface area contributed by atoms with E-state index in [9.17, 15) is 0 Å². The van der Waals surface area contributed by atoms with Crippen LogP contribution in [0, 0.1) is 0 Å². The zero-order valence-electron chi connectivity index (χ0n) is 15.1. The number of aromatic nitrogens is 2. The fourth-order valence-corrected chi connectivity index (χ4v) is 4.42. The van der Waals surface area contributed by atoms with Crippen molar-refractivity contribution in [2.45, 2.75) is 19.3 Å². The number of hydrogen-bond donors (Lipinski definition) is 1. The molecule has 1 N–H and O–H groups in total. The van der Waals surface area contributed by atoms with Crippen molar-refractivity contribution in [3.63, 3.8) is 0 Å². The first-order valence-corrected chi connectivity index (χ1v) is 10.1. The number of hydrogen-bond acceptors (Lipinski definition) is 6. The molecule has 136 valence electrons. The van der Waals surface area contributed by atoms with Crippen molar-refractivity contribution in [3.05, 3.63) is 36.0 Å². The topological polar surface area (TPSA) is 50.3 Å². The van der Waals surface area contributed by atoms with E-state index in [4.69, 9.17) is 4.74 Å². The molecule has 1 aliphatic rings. The molecule has 0 atom stereocenters. The highest BCUT2D eigenvalue weighted by Gasteiger charge is 2.14. The lowest BCUT2D eigenvalue weighted by Gasteiger charge is -2.26. The Balaban J connectivity index is 1.55. The van der Waals surface area contributed by atoms with Gasteiger partial charge in [-0.05, 0) is 43.6 Å². The quantitative estimate of drug-likeness (QED) is 0.704. The van der Waals surface area contributed by atoms with Gasteiger partial charge in [-0.2, -0.15) is 0 Å². The fraction of sp³-hybridized carbons (Fsp3) is 0.400. The minimum absolute atomic E-state index is 0.865. The Hall–Kier alpha value is -2.18. The van der Waals surface area contributed by atoms with Crippen LogP contribution in [0.1, 0.15) is 19.3 Å². The second-order valence-corrected chi connectivity index (χ2v) is 7.47. The Kier molecular flexibility index (Phi) is 5.32. The van der Waals surface area contributed by atoms with E-state index in [2.05, 4.69) is 37.7 Å². The van der Waals surface area contributed by atoms with Gasteiger partial charge in [0.15, 0.2) is 0 Å². The largest absolute Gasteiger partial charge is 0.497 e. The van der Waals surface area contributed by atoms with Crippen LogP contribution in [-0.4, -0.2) is 48.2 Å². The molecule has 3 heterocycles. The maximum absolute atomic E-state index is 5.27. The maximum atomic E-state index is 5.27. The van der Waals surface area contributed by atoms with Crippen LogP contribution in [0.25, 0.3) is 21.3 Å². The highest BCUT2D eigenvalue weighted by atomic mass is 32.1. The van der Waals surface area contributed by atoms with Crippen LogP contribution in [0.15, 0.2) is 36.0 Å². The van der Waals surface area contributed by atoms with Gasteiger partial charge < -0.3 is 15.0 Å². The van der Waals surface area contributed by atoms with E-state index in [1.807, 2.05) is 12.1 Å². The van der Waals surface area contributed by atoms with Gasteiger partial charge in [0.05, 0.1) is 12.5 Å². The molecular weight excluding hydrogens is 344 g/mol. The predicted molar refractivity (Wildman–Crippen MR) is 108 cm³/mol. The molecule has 1 aromatic carbocycles. The molecule has 0 spiro atoms. The van der Waals surface area contributed by atoms with Crippen molar-refractivity contribution < 1.29 is 4.74 Å². The van der Waals surface area contributed by atoms with Gasteiger partial charge in [0.2, 0.25) is 0 Å². The number of anilines is 1. The van der Waals surface area contributed by atoms with Crippen LogP contribution in [0.4, 0.5) is 5.82 Å². The molecule has 1 fully saturated rings. The van der Waals surface area contributed by atoms with Crippen molar-refractivity contribution in [3.8, 4) is 16.9 Å². The molecule has 0 bridgehead atoms. The molecule has 6 heteroatoms. The van der Waals surface area contributed by atoms with Gasteiger partial charge in [0.25, 0.3) is 0 Å². The first kappa shape index (κ1) is 17.2. The van der Waals surface area contributed by atoms with Crippen LogP contribution in [-0.2, 0) is 0 Å². The number of nitrogens with zero attached hydrogens (tertiary/aromatic N) is 3. The molecule has 2 aromatic heterocycles. The minimum Gasteiger partial charge on any atom is -0.497 e. The van der Waals surface area contributed by atoms with Crippen molar-refractivity contribution in [2.75, 3.05) is 38.6 Å². The third-order valence-corrected chi connectivity index (χ3v) is 5.83. The van der Waals surface area contributed by atoms with Crippen LogP contribution < -0.4 is 10.1 Å². The third-order valence-electron chi connectivity index (χ3n) is 4.94. The highest BCUT2D eigenvalue weighted by molar-refractivity contribution is 7.17. The number of rotatable bonds is 6. The van der Waals surface area contributed by atoms with Gasteiger partial charge in [-0.15, -0.1) is 11.3 Å². The summed E-state index contributed by atoms with van der Waals surface area (Å²) in [6.07, 6.45) is 5.67. The van der Waals surface area contributed by atoms with E-state index in [1.165, 1.54) is 37.9 Å². The molecule has 1 aliphatic heterocycles. The normalized spacial score (nSPS) is 15.3. The Labute approximate surface area is 158 Å². The van der Waals surface area contributed by atoms with Crippen molar-refractivity contribution in [2.24, 2.45) is 0 Å². The molecule has 0 aliphatic carbocycles. The summed E-state index contributed by atoms with van der Waals surface area (Å²) in [5, 5.41) is 6.82. The van der Waals surface area contributed by atoms with Crippen LogP contribution in [0.5, 0.6) is 5.75 Å².